The van der Waals surface area contributed by atoms with Gasteiger partial charge in [-0.05, 0) is 31.0 Å². The maximum absolute atomic E-state index is 12.5. The number of carbonyl (C=O) groups is 1. The number of fused-ring (bicyclic) bond motifs is 1. The maximum atomic E-state index is 12.5. The molecule has 0 radical (unpaired) electrons. The van der Waals surface area contributed by atoms with Gasteiger partial charge < -0.3 is 4.57 Å². The molecule has 0 bridgehead atoms. The van der Waals surface area contributed by atoms with E-state index in [1.54, 1.807) is 6.07 Å². The van der Waals surface area contributed by atoms with Gasteiger partial charge >= 0.3 is 0 Å². The number of hydrazine groups is 1. The van der Waals surface area contributed by atoms with Crippen molar-refractivity contribution < 1.29 is 4.79 Å². The number of rotatable bonds is 3. The molecule has 1 amide bonds. The molecule has 108 valence electrons. The highest BCUT2D eigenvalue weighted by molar-refractivity contribution is 5.93. The maximum Gasteiger partial charge on any atom is 0.270 e. The minimum atomic E-state index is -0.499. The van der Waals surface area contributed by atoms with Gasteiger partial charge in [-0.3, -0.25) is 19.9 Å². The molecular weight excluding hydrogens is 256 g/mol. The molecule has 3 rings (SSSR count). The molecule has 0 spiro atoms. The van der Waals surface area contributed by atoms with Gasteiger partial charge in [0.05, 0.1) is 0 Å². The smallest absolute Gasteiger partial charge is 0.270 e. The molecule has 0 saturated heterocycles. The lowest BCUT2D eigenvalue weighted by Crippen LogP contribution is -2.40. The Morgan fingerprint density at radius 3 is 2.85 bits per heavy atom. The van der Waals surface area contributed by atoms with Gasteiger partial charge in [-0.15, -0.1) is 0 Å². The van der Waals surface area contributed by atoms with Crippen molar-refractivity contribution in [3.63, 3.8) is 0 Å². The molecule has 1 aliphatic carbocycles. The van der Waals surface area contributed by atoms with Gasteiger partial charge in [0.1, 0.15) is 5.56 Å². The van der Waals surface area contributed by atoms with E-state index in [9.17, 15) is 9.59 Å². The highest BCUT2D eigenvalue weighted by Gasteiger charge is 2.31. The van der Waals surface area contributed by atoms with E-state index in [1.807, 2.05) is 4.57 Å². The largest absolute Gasteiger partial charge is 0.309 e. The molecule has 20 heavy (non-hydrogen) atoms. The van der Waals surface area contributed by atoms with E-state index < -0.39 is 5.91 Å². The average Bonchev–Trinajstić information content (AvgIpc) is 3.29. The van der Waals surface area contributed by atoms with Gasteiger partial charge in [-0.2, -0.15) is 0 Å². The fourth-order valence-corrected chi connectivity index (χ4v) is 2.96. The van der Waals surface area contributed by atoms with Crippen molar-refractivity contribution in [2.24, 2.45) is 5.84 Å². The monoisotopic (exact) mass is 276 g/mol. The van der Waals surface area contributed by atoms with Crippen molar-refractivity contribution in [2.45, 2.75) is 38.8 Å². The lowest BCUT2D eigenvalue weighted by molar-refractivity contribution is 0.0951. The Bertz CT molecular complexity index is 604. The number of hydrogen-bond donors (Lipinski definition) is 2. The number of pyridine rings is 1. The first-order valence-electron chi connectivity index (χ1n) is 7.16. The number of nitrogen functional groups attached to an aromatic ring is 1. The third-order valence-corrected chi connectivity index (χ3v) is 4.22. The van der Waals surface area contributed by atoms with Crippen LogP contribution in [0.15, 0.2) is 10.9 Å². The molecule has 1 fully saturated rings. The first-order chi connectivity index (χ1) is 9.65. The van der Waals surface area contributed by atoms with Crippen molar-refractivity contribution in [1.29, 1.82) is 0 Å². The number of nitrogens with two attached hydrogens (primary N) is 1. The second kappa shape index (κ2) is 5.03. The summed E-state index contributed by atoms with van der Waals surface area (Å²) < 4.78 is 1.84. The Labute approximate surface area is 117 Å². The van der Waals surface area contributed by atoms with Crippen LogP contribution in [-0.4, -0.2) is 28.5 Å². The van der Waals surface area contributed by atoms with E-state index in [-0.39, 0.29) is 17.2 Å². The SMILES string of the molecule is CCN1CCc2c(cc(C(=O)NN)c(=O)n2C2CC2)C1. The van der Waals surface area contributed by atoms with Crippen LogP contribution in [0.25, 0.3) is 0 Å². The summed E-state index contributed by atoms with van der Waals surface area (Å²) in [5, 5.41) is 0. The molecular formula is C14H20N4O2. The molecule has 2 heterocycles. The number of nitrogens with zero attached hydrogens (tertiary/aromatic N) is 2. The van der Waals surface area contributed by atoms with Crippen molar-refractivity contribution >= 4 is 5.91 Å². The lowest BCUT2D eigenvalue weighted by Gasteiger charge is -2.30. The number of hydrogen-bond acceptors (Lipinski definition) is 4. The third kappa shape index (κ3) is 2.14. The molecule has 1 aliphatic heterocycles. The summed E-state index contributed by atoms with van der Waals surface area (Å²) >= 11 is 0. The number of likely N-dealkylation sites (N-methyl/N-ethyl adjacent to an activating group) is 1. The molecule has 1 saturated carbocycles. The van der Waals surface area contributed by atoms with Crippen LogP contribution in [-0.2, 0) is 13.0 Å². The van der Waals surface area contributed by atoms with Crippen LogP contribution in [0.1, 0.15) is 47.4 Å². The van der Waals surface area contributed by atoms with Gasteiger partial charge in [-0.1, -0.05) is 6.92 Å². The summed E-state index contributed by atoms with van der Waals surface area (Å²) in [6.45, 7) is 4.86. The van der Waals surface area contributed by atoms with E-state index in [1.165, 1.54) is 0 Å². The summed E-state index contributed by atoms with van der Waals surface area (Å²) in [7, 11) is 0. The minimum Gasteiger partial charge on any atom is -0.309 e. The van der Waals surface area contributed by atoms with Crippen LogP contribution in [0.2, 0.25) is 0 Å². The second-order valence-corrected chi connectivity index (χ2v) is 5.53. The van der Waals surface area contributed by atoms with Crippen LogP contribution in [0.4, 0.5) is 0 Å². The summed E-state index contributed by atoms with van der Waals surface area (Å²) in [5.41, 5.74) is 4.24. The highest BCUT2D eigenvalue weighted by atomic mass is 16.2. The minimum absolute atomic E-state index is 0.163. The molecule has 6 nitrogen and oxygen atoms in total. The zero-order chi connectivity index (χ0) is 14.3. The molecule has 0 unspecified atom stereocenters. The predicted octanol–water partition coefficient (Wildman–Crippen LogP) is 0.165. The lowest BCUT2D eigenvalue weighted by atomic mass is 10.0. The fraction of sp³-hybridized carbons (Fsp3) is 0.571. The Hall–Kier alpha value is -1.66. The van der Waals surface area contributed by atoms with Gasteiger partial charge in [0.25, 0.3) is 11.5 Å². The van der Waals surface area contributed by atoms with Gasteiger partial charge in [0.15, 0.2) is 0 Å². The predicted molar refractivity (Wildman–Crippen MR) is 75.3 cm³/mol. The summed E-state index contributed by atoms with van der Waals surface area (Å²) in [6.07, 6.45) is 2.93. The van der Waals surface area contributed by atoms with E-state index in [0.717, 1.165) is 50.2 Å². The standard InChI is InChI=1S/C14H20N4O2/c1-2-17-6-5-12-9(8-17)7-11(13(19)16-15)14(20)18(12)10-3-4-10/h7,10H,2-6,8,15H2,1H3,(H,16,19). The molecule has 0 atom stereocenters. The second-order valence-electron chi connectivity index (χ2n) is 5.53. The first kappa shape index (κ1) is 13.3. The summed E-state index contributed by atoms with van der Waals surface area (Å²) in [6, 6.07) is 2.00. The Morgan fingerprint density at radius 1 is 1.50 bits per heavy atom. The molecule has 0 aromatic carbocycles. The summed E-state index contributed by atoms with van der Waals surface area (Å²) in [4.78, 5) is 26.6. The Morgan fingerprint density at radius 2 is 2.25 bits per heavy atom. The number of nitrogens with one attached hydrogen (secondary N) is 1. The van der Waals surface area contributed by atoms with E-state index in [4.69, 9.17) is 5.84 Å². The van der Waals surface area contributed by atoms with Crippen LogP contribution in [0, 0.1) is 0 Å². The quantitative estimate of drug-likeness (QED) is 0.468. The normalized spacial score (nSPS) is 18.7. The molecule has 1 aromatic rings. The van der Waals surface area contributed by atoms with Crippen molar-refractivity contribution in [1.82, 2.24) is 14.9 Å². The highest BCUT2D eigenvalue weighted by Crippen LogP contribution is 2.36. The van der Waals surface area contributed by atoms with E-state index in [0.29, 0.717) is 0 Å². The topological polar surface area (TPSA) is 80.4 Å². The Kier molecular flexibility index (Phi) is 3.35. The third-order valence-electron chi connectivity index (χ3n) is 4.22. The van der Waals surface area contributed by atoms with Crippen molar-refractivity contribution in [3.8, 4) is 0 Å². The zero-order valence-electron chi connectivity index (χ0n) is 11.7. The van der Waals surface area contributed by atoms with E-state index >= 15 is 0 Å². The first-order valence-corrected chi connectivity index (χ1v) is 7.16. The Balaban J connectivity index is 2.13. The van der Waals surface area contributed by atoms with Crippen LogP contribution < -0.4 is 16.8 Å². The van der Waals surface area contributed by atoms with Gasteiger partial charge in [-0.25, -0.2) is 5.84 Å². The number of amides is 1. The molecule has 2 aliphatic rings. The van der Waals surface area contributed by atoms with Crippen molar-refractivity contribution in [3.05, 3.63) is 33.2 Å². The number of aromatic nitrogens is 1. The average molecular weight is 276 g/mol. The zero-order valence-corrected chi connectivity index (χ0v) is 11.7. The summed E-state index contributed by atoms with van der Waals surface area (Å²) in [5.74, 6) is 4.69. The van der Waals surface area contributed by atoms with Crippen LogP contribution in [0.3, 0.4) is 0 Å². The van der Waals surface area contributed by atoms with Crippen LogP contribution in [0.5, 0.6) is 0 Å². The molecule has 3 N–H and O–H groups in total. The number of carbonyl (C=O) groups excluding carboxylic acids is 1. The molecule has 6 heteroatoms. The van der Waals surface area contributed by atoms with Crippen LogP contribution >= 0.6 is 0 Å². The fourth-order valence-electron chi connectivity index (χ4n) is 2.96. The molecule has 1 aromatic heterocycles. The van der Waals surface area contributed by atoms with Crippen molar-refractivity contribution in [2.75, 3.05) is 13.1 Å². The van der Waals surface area contributed by atoms with Gasteiger partial charge in [0.2, 0.25) is 0 Å². The van der Waals surface area contributed by atoms with Gasteiger partial charge in [0, 0.05) is 31.2 Å². The van der Waals surface area contributed by atoms with E-state index in [2.05, 4.69) is 17.2 Å².